The van der Waals surface area contributed by atoms with Gasteiger partial charge < -0.3 is 15.4 Å². The van der Waals surface area contributed by atoms with Crippen LogP contribution in [-0.4, -0.2) is 41.2 Å². The van der Waals surface area contributed by atoms with E-state index in [1.165, 1.54) is 0 Å². The van der Waals surface area contributed by atoms with Gasteiger partial charge in [0, 0.05) is 24.2 Å². The number of carbonyl (C=O) groups excluding carboxylic acids is 4. The molecule has 0 bridgehead atoms. The van der Waals surface area contributed by atoms with Gasteiger partial charge in [0.05, 0.1) is 12.1 Å². The molecule has 29 heavy (non-hydrogen) atoms. The standard InChI is InChI=1S/C21H19N3O5/c1-12-20(27)23-16-11-14(6-7-17(16)29-12)22-18(25)8-9-24-19(26)10-13-4-2-3-5-15(13)21(24)28/h2-7,11-12H,8-10H2,1H3,(H,22,25)(H,23,27)/t12-/m0/s1. The first-order valence-corrected chi connectivity index (χ1v) is 9.26. The van der Waals surface area contributed by atoms with Gasteiger partial charge >= 0.3 is 0 Å². The maximum Gasteiger partial charge on any atom is 0.265 e. The number of hydrogen-bond donors (Lipinski definition) is 2. The van der Waals surface area contributed by atoms with Crippen LogP contribution in [0, 0.1) is 0 Å². The SMILES string of the molecule is C[C@@H]1Oc2ccc(NC(=O)CCN3C(=O)Cc4ccccc4C3=O)cc2NC1=O. The zero-order chi connectivity index (χ0) is 20.5. The molecule has 8 nitrogen and oxygen atoms in total. The van der Waals surface area contributed by atoms with Crippen molar-refractivity contribution in [3.8, 4) is 5.75 Å². The lowest BCUT2D eigenvalue weighted by atomic mass is 9.98. The van der Waals surface area contributed by atoms with Crippen molar-refractivity contribution in [2.45, 2.75) is 25.9 Å². The minimum atomic E-state index is -0.576. The van der Waals surface area contributed by atoms with Gasteiger partial charge in [0.2, 0.25) is 11.8 Å². The topological polar surface area (TPSA) is 105 Å². The predicted octanol–water partition coefficient (Wildman–Crippen LogP) is 1.96. The first kappa shape index (κ1) is 18.7. The fourth-order valence-electron chi connectivity index (χ4n) is 3.35. The third-order valence-electron chi connectivity index (χ3n) is 4.89. The van der Waals surface area contributed by atoms with E-state index in [0.29, 0.717) is 28.3 Å². The highest BCUT2D eigenvalue weighted by Gasteiger charge is 2.30. The van der Waals surface area contributed by atoms with E-state index in [4.69, 9.17) is 4.74 Å². The average Bonchev–Trinajstić information content (AvgIpc) is 2.69. The number of carbonyl (C=O) groups is 4. The van der Waals surface area contributed by atoms with Gasteiger partial charge in [-0.05, 0) is 36.8 Å². The van der Waals surface area contributed by atoms with Crippen molar-refractivity contribution in [2.75, 3.05) is 17.2 Å². The molecule has 8 heteroatoms. The molecule has 0 saturated heterocycles. The Hall–Kier alpha value is -3.68. The number of amides is 4. The van der Waals surface area contributed by atoms with Gasteiger partial charge in [0.25, 0.3) is 11.8 Å². The summed E-state index contributed by atoms with van der Waals surface area (Å²) in [6, 6.07) is 11.9. The molecule has 0 spiro atoms. The molecule has 4 amide bonds. The first-order valence-electron chi connectivity index (χ1n) is 9.26. The second kappa shape index (κ2) is 7.38. The smallest absolute Gasteiger partial charge is 0.265 e. The number of nitrogens with zero attached hydrogens (tertiary/aromatic N) is 1. The van der Waals surface area contributed by atoms with E-state index < -0.39 is 6.10 Å². The second-order valence-corrected chi connectivity index (χ2v) is 6.94. The Morgan fingerprint density at radius 2 is 2.00 bits per heavy atom. The van der Waals surface area contributed by atoms with Crippen LogP contribution in [-0.2, 0) is 20.8 Å². The molecular weight excluding hydrogens is 374 g/mol. The highest BCUT2D eigenvalue weighted by Crippen LogP contribution is 2.32. The van der Waals surface area contributed by atoms with Crippen molar-refractivity contribution >= 4 is 35.0 Å². The van der Waals surface area contributed by atoms with E-state index in [9.17, 15) is 19.2 Å². The molecule has 4 rings (SSSR count). The minimum Gasteiger partial charge on any atom is -0.479 e. The first-order chi connectivity index (χ1) is 13.9. The van der Waals surface area contributed by atoms with Crippen LogP contribution in [0.1, 0.15) is 29.3 Å². The molecule has 2 aromatic rings. The number of benzene rings is 2. The molecule has 1 atom stereocenters. The van der Waals surface area contributed by atoms with Crippen LogP contribution in [0.2, 0.25) is 0 Å². The second-order valence-electron chi connectivity index (χ2n) is 6.94. The average molecular weight is 393 g/mol. The summed E-state index contributed by atoms with van der Waals surface area (Å²) >= 11 is 0. The molecule has 2 N–H and O–H groups in total. The molecule has 2 heterocycles. The van der Waals surface area contributed by atoms with E-state index in [1.54, 1.807) is 49.4 Å². The summed E-state index contributed by atoms with van der Waals surface area (Å²) in [5.41, 5.74) is 2.15. The summed E-state index contributed by atoms with van der Waals surface area (Å²) in [5.74, 6) is -0.779. The Morgan fingerprint density at radius 1 is 1.21 bits per heavy atom. The molecule has 148 valence electrons. The third kappa shape index (κ3) is 3.69. The fourth-order valence-corrected chi connectivity index (χ4v) is 3.35. The van der Waals surface area contributed by atoms with E-state index in [1.807, 2.05) is 0 Å². The van der Waals surface area contributed by atoms with Gasteiger partial charge in [-0.15, -0.1) is 0 Å². The van der Waals surface area contributed by atoms with Gasteiger partial charge in [0.1, 0.15) is 5.75 Å². The Balaban J connectivity index is 1.39. The van der Waals surface area contributed by atoms with Crippen LogP contribution in [0.3, 0.4) is 0 Å². The molecule has 0 unspecified atom stereocenters. The number of anilines is 2. The summed E-state index contributed by atoms with van der Waals surface area (Å²) in [7, 11) is 0. The number of hydrogen-bond acceptors (Lipinski definition) is 5. The number of imide groups is 1. The largest absolute Gasteiger partial charge is 0.479 e. The summed E-state index contributed by atoms with van der Waals surface area (Å²) in [5, 5.41) is 5.43. The van der Waals surface area contributed by atoms with Crippen molar-refractivity contribution in [2.24, 2.45) is 0 Å². The lowest BCUT2D eigenvalue weighted by molar-refractivity contribution is -0.128. The normalized spacial score (nSPS) is 17.8. The highest BCUT2D eigenvalue weighted by molar-refractivity contribution is 6.10. The molecule has 2 aliphatic rings. The molecular formula is C21H19N3O5. The van der Waals surface area contributed by atoms with Crippen molar-refractivity contribution in [3.05, 3.63) is 53.6 Å². The van der Waals surface area contributed by atoms with Crippen LogP contribution < -0.4 is 15.4 Å². The Morgan fingerprint density at radius 3 is 2.83 bits per heavy atom. The van der Waals surface area contributed by atoms with E-state index in [-0.39, 0.29) is 43.0 Å². The van der Waals surface area contributed by atoms with Gasteiger partial charge in [-0.3, -0.25) is 24.1 Å². The highest BCUT2D eigenvalue weighted by atomic mass is 16.5. The zero-order valence-corrected chi connectivity index (χ0v) is 15.7. The third-order valence-corrected chi connectivity index (χ3v) is 4.89. The van der Waals surface area contributed by atoms with Gasteiger partial charge in [-0.1, -0.05) is 18.2 Å². The number of rotatable bonds is 4. The molecule has 0 saturated carbocycles. The molecule has 0 fully saturated rings. The number of ether oxygens (including phenoxy) is 1. The number of fused-ring (bicyclic) bond motifs is 2. The fraction of sp³-hybridized carbons (Fsp3) is 0.238. The lowest BCUT2D eigenvalue weighted by Gasteiger charge is -2.26. The zero-order valence-electron chi connectivity index (χ0n) is 15.7. The number of nitrogens with one attached hydrogen (secondary N) is 2. The van der Waals surface area contributed by atoms with Crippen LogP contribution in [0.5, 0.6) is 5.75 Å². The van der Waals surface area contributed by atoms with Crippen molar-refractivity contribution in [3.63, 3.8) is 0 Å². The van der Waals surface area contributed by atoms with Crippen LogP contribution in [0.25, 0.3) is 0 Å². The molecule has 2 aromatic carbocycles. The van der Waals surface area contributed by atoms with Crippen molar-refractivity contribution in [1.29, 1.82) is 0 Å². The Bertz CT molecular complexity index is 1030. The van der Waals surface area contributed by atoms with Crippen LogP contribution in [0.4, 0.5) is 11.4 Å². The van der Waals surface area contributed by atoms with Gasteiger partial charge in [0.15, 0.2) is 6.10 Å². The quantitative estimate of drug-likeness (QED) is 0.773. The summed E-state index contributed by atoms with van der Waals surface area (Å²) < 4.78 is 5.48. The summed E-state index contributed by atoms with van der Waals surface area (Å²) in [4.78, 5) is 50.0. The van der Waals surface area contributed by atoms with Gasteiger partial charge in [-0.25, -0.2) is 0 Å². The maximum absolute atomic E-state index is 12.5. The van der Waals surface area contributed by atoms with E-state index >= 15 is 0 Å². The molecule has 0 aromatic heterocycles. The molecule has 2 aliphatic heterocycles. The molecule has 0 radical (unpaired) electrons. The van der Waals surface area contributed by atoms with Crippen LogP contribution >= 0.6 is 0 Å². The van der Waals surface area contributed by atoms with Crippen molar-refractivity contribution < 1.29 is 23.9 Å². The summed E-state index contributed by atoms with van der Waals surface area (Å²) in [6.07, 6.45) is -0.462. The maximum atomic E-state index is 12.5. The molecule has 0 aliphatic carbocycles. The van der Waals surface area contributed by atoms with Crippen molar-refractivity contribution in [1.82, 2.24) is 4.90 Å². The monoisotopic (exact) mass is 393 g/mol. The Kier molecular flexibility index (Phi) is 4.75. The predicted molar refractivity (Wildman–Crippen MR) is 105 cm³/mol. The van der Waals surface area contributed by atoms with E-state index in [2.05, 4.69) is 10.6 Å². The lowest BCUT2D eigenvalue weighted by Crippen LogP contribution is -2.43. The van der Waals surface area contributed by atoms with Crippen LogP contribution in [0.15, 0.2) is 42.5 Å². The summed E-state index contributed by atoms with van der Waals surface area (Å²) in [6.45, 7) is 1.65. The van der Waals surface area contributed by atoms with Gasteiger partial charge in [-0.2, -0.15) is 0 Å². The minimum absolute atomic E-state index is 0.000136. The Labute approximate surface area is 166 Å². The van der Waals surface area contributed by atoms with E-state index in [0.717, 1.165) is 4.90 Å².